The lowest BCUT2D eigenvalue weighted by molar-refractivity contribution is 0.615. The van der Waals surface area contributed by atoms with E-state index in [-0.39, 0.29) is 0 Å². The zero-order chi connectivity index (χ0) is 18.2. The van der Waals surface area contributed by atoms with Crippen molar-refractivity contribution in [3.05, 3.63) is 52.7 Å². The van der Waals surface area contributed by atoms with E-state index in [1.54, 1.807) is 6.20 Å². The fourth-order valence-corrected chi connectivity index (χ4v) is 4.05. The molecule has 0 amide bonds. The number of hydrogen-bond acceptors (Lipinski definition) is 6. The highest BCUT2D eigenvalue weighted by Gasteiger charge is 2.27. The van der Waals surface area contributed by atoms with Crippen molar-refractivity contribution in [1.29, 1.82) is 0 Å². The number of nitrogens with one attached hydrogen (secondary N) is 2. The van der Waals surface area contributed by atoms with E-state index in [9.17, 15) is 0 Å². The van der Waals surface area contributed by atoms with Gasteiger partial charge in [0.15, 0.2) is 5.82 Å². The molecule has 0 radical (unpaired) electrons. The molecule has 0 spiro atoms. The summed E-state index contributed by atoms with van der Waals surface area (Å²) in [5.41, 5.74) is 7.15. The van der Waals surface area contributed by atoms with Crippen molar-refractivity contribution >= 4 is 5.82 Å². The molecule has 5 heterocycles. The Kier molecular flexibility index (Phi) is 4.09. The molecule has 2 N–H and O–H groups in total. The summed E-state index contributed by atoms with van der Waals surface area (Å²) in [5, 5.41) is 11.2. The van der Waals surface area contributed by atoms with E-state index in [4.69, 9.17) is 9.97 Å². The van der Waals surface area contributed by atoms with Gasteiger partial charge < -0.3 is 10.2 Å². The van der Waals surface area contributed by atoms with Gasteiger partial charge in [0.25, 0.3) is 0 Å². The van der Waals surface area contributed by atoms with Gasteiger partial charge in [0.2, 0.25) is 0 Å². The van der Waals surface area contributed by atoms with Crippen LogP contribution in [0.2, 0.25) is 0 Å². The zero-order valence-electron chi connectivity index (χ0n) is 15.5. The normalized spacial score (nSPS) is 16.1. The molecule has 0 aromatic carbocycles. The van der Waals surface area contributed by atoms with Crippen LogP contribution in [0.25, 0.3) is 11.4 Å². The van der Waals surface area contributed by atoms with Crippen LogP contribution >= 0.6 is 0 Å². The second-order valence-corrected chi connectivity index (χ2v) is 7.12. The SMILES string of the molecule is CCc1n[nH]c2c1CN(c1nc(-c3cccnc3)nc3c1CCNC3)CC2. The molecule has 2 aliphatic rings. The van der Waals surface area contributed by atoms with Crippen LogP contribution < -0.4 is 10.2 Å². The third-order valence-electron chi connectivity index (χ3n) is 5.49. The summed E-state index contributed by atoms with van der Waals surface area (Å²) in [7, 11) is 0. The number of pyridine rings is 1. The Morgan fingerprint density at radius 2 is 2.15 bits per heavy atom. The Hall–Kier alpha value is -2.80. The predicted molar refractivity (Wildman–Crippen MR) is 103 cm³/mol. The monoisotopic (exact) mass is 361 g/mol. The van der Waals surface area contributed by atoms with Crippen molar-refractivity contribution in [2.24, 2.45) is 0 Å². The van der Waals surface area contributed by atoms with Crippen molar-refractivity contribution in [1.82, 2.24) is 30.5 Å². The molecular formula is C20H23N7. The first-order valence-electron chi connectivity index (χ1n) is 9.64. The summed E-state index contributed by atoms with van der Waals surface area (Å²) in [5.74, 6) is 1.84. The average molecular weight is 361 g/mol. The molecule has 3 aromatic heterocycles. The molecule has 7 nitrogen and oxygen atoms in total. The summed E-state index contributed by atoms with van der Waals surface area (Å²) in [6.45, 7) is 5.73. The van der Waals surface area contributed by atoms with Crippen molar-refractivity contribution in [2.75, 3.05) is 18.0 Å². The van der Waals surface area contributed by atoms with E-state index in [0.717, 1.165) is 68.3 Å². The first kappa shape index (κ1) is 16.4. The molecule has 27 heavy (non-hydrogen) atoms. The number of rotatable bonds is 3. The lowest BCUT2D eigenvalue weighted by Crippen LogP contribution is -2.34. The minimum absolute atomic E-state index is 0.759. The second-order valence-electron chi connectivity index (χ2n) is 7.12. The first-order chi connectivity index (χ1) is 13.3. The van der Waals surface area contributed by atoms with E-state index < -0.39 is 0 Å². The maximum atomic E-state index is 5.01. The summed E-state index contributed by atoms with van der Waals surface area (Å²) in [6.07, 6.45) is 6.50. The van der Waals surface area contributed by atoms with Crippen molar-refractivity contribution in [3.8, 4) is 11.4 Å². The van der Waals surface area contributed by atoms with Crippen LogP contribution in [0.1, 0.15) is 35.1 Å². The molecule has 0 saturated carbocycles. The number of aryl methyl sites for hydroxylation is 1. The molecule has 7 heteroatoms. The summed E-state index contributed by atoms with van der Waals surface area (Å²) in [6, 6.07) is 3.95. The fourth-order valence-electron chi connectivity index (χ4n) is 4.05. The van der Waals surface area contributed by atoms with Gasteiger partial charge in [-0.1, -0.05) is 6.92 Å². The highest BCUT2D eigenvalue weighted by atomic mass is 15.2. The topological polar surface area (TPSA) is 82.6 Å². The predicted octanol–water partition coefficient (Wildman–Crippen LogP) is 2.03. The molecule has 138 valence electrons. The largest absolute Gasteiger partial charge is 0.351 e. The van der Waals surface area contributed by atoms with Gasteiger partial charge in [0.1, 0.15) is 5.82 Å². The average Bonchev–Trinajstić information content (AvgIpc) is 3.16. The van der Waals surface area contributed by atoms with Crippen LogP contribution in [0.3, 0.4) is 0 Å². The van der Waals surface area contributed by atoms with Gasteiger partial charge >= 0.3 is 0 Å². The summed E-state index contributed by atoms with van der Waals surface area (Å²) >= 11 is 0. The van der Waals surface area contributed by atoms with E-state index in [2.05, 4.69) is 32.3 Å². The summed E-state index contributed by atoms with van der Waals surface area (Å²) in [4.78, 5) is 16.5. The van der Waals surface area contributed by atoms with Gasteiger partial charge in [-0.15, -0.1) is 0 Å². The van der Waals surface area contributed by atoms with E-state index >= 15 is 0 Å². The van der Waals surface area contributed by atoms with Crippen LogP contribution in [0.4, 0.5) is 5.82 Å². The molecule has 0 fully saturated rings. The quantitative estimate of drug-likeness (QED) is 0.743. The first-order valence-corrected chi connectivity index (χ1v) is 9.64. The number of aromatic amines is 1. The van der Waals surface area contributed by atoms with E-state index in [0.29, 0.717) is 0 Å². The molecule has 0 bridgehead atoms. The van der Waals surface area contributed by atoms with Gasteiger partial charge in [-0.05, 0) is 31.5 Å². The minimum Gasteiger partial charge on any atom is -0.351 e. The molecule has 3 aromatic rings. The number of anilines is 1. The highest BCUT2D eigenvalue weighted by Crippen LogP contribution is 2.31. The number of H-pyrrole nitrogens is 1. The maximum absolute atomic E-state index is 5.01. The van der Waals surface area contributed by atoms with Gasteiger partial charge in [0, 0.05) is 60.8 Å². The van der Waals surface area contributed by atoms with E-state index in [1.807, 2.05) is 18.3 Å². The van der Waals surface area contributed by atoms with Gasteiger partial charge in [-0.3, -0.25) is 10.1 Å². The Morgan fingerprint density at radius 1 is 1.19 bits per heavy atom. The fraction of sp³-hybridized carbons (Fsp3) is 0.400. The third-order valence-corrected chi connectivity index (χ3v) is 5.49. The van der Waals surface area contributed by atoms with Crippen molar-refractivity contribution < 1.29 is 0 Å². The Balaban J connectivity index is 1.59. The second kappa shape index (κ2) is 6.74. The Bertz CT molecular complexity index is 950. The van der Waals surface area contributed by atoms with Crippen LogP contribution in [0, 0.1) is 0 Å². The van der Waals surface area contributed by atoms with Gasteiger partial charge in [0.05, 0.1) is 11.4 Å². The van der Waals surface area contributed by atoms with Crippen LogP contribution in [-0.4, -0.2) is 38.2 Å². The Morgan fingerprint density at radius 3 is 3.00 bits per heavy atom. The smallest absolute Gasteiger partial charge is 0.163 e. The molecule has 0 unspecified atom stereocenters. The van der Waals surface area contributed by atoms with Crippen molar-refractivity contribution in [2.45, 2.75) is 39.3 Å². The van der Waals surface area contributed by atoms with Gasteiger partial charge in [-0.2, -0.15) is 5.10 Å². The summed E-state index contributed by atoms with van der Waals surface area (Å²) < 4.78 is 0. The van der Waals surface area contributed by atoms with Crippen LogP contribution in [-0.2, 0) is 32.4 Å². The van der Waals surface area contributed by atoms with Gasteiger partial charge in [-0.25, -0.2) is 9.97 Å². The molecule has 0 saturated heterocycles. The lowest BCUT2D eigenvalue weighted by atomic mass is 10.0. The minimum atomic E-state index is 0.759. The standard InChI is InChI=1S/C20H23N7/c1-2-16-15-12-27(9-6-17(15)26-25-16)20-14-5-8-22-11-18(14)23-19(24-20)13-4-3-7-21-10-13/h3-4,7,10,22H,2,5-6,8-9,11-12H2,1H3,(H,25,26). The number of fused-ring (bicyclic) bond motifs is 2. The molecule has 0 atom stereocenters. The highest BCUT2D eigenvalue weighted by molar-refractivity contribution is 5.61. The zero-order valence-corrected chi connectivity index (χ0v) is 15.5. The van der Waals surface area contributed by atoms with Crippen molar-refractivity contribution in [3.63, 3.8) is 0 Å². The maximum Gasteiger partial charge on any atom is 0.163 e. The lowest BCUT2D eigenvalue weighted by Gasteiger charge is -2.32. The van der Waals surface area contributed by atoms with Crippen LogP contribution in [0.5, 0.6) is 0 Å². The molecule has 5 rings (SSSR count). The van der Waals surface area contributed by atoms with Crippen LogP contribution in [0.15, 0.2) is 24.5 Å². The number of hydrogen-bond donors (Lipinski definition) is 2. The number of aromatic nitrogens is 5. The molecular weight excluding hydrogens is 338 g/mol. The van der Waals surface area contributed by atoms with E-state index in [1.165, 1.54) is 22.5 Å². The molecule has 0 aliphatic carbocycles. The number of nitrogens with zero attached hydrogens (tertiary/aromatic N) is 5. The molecule has 2 aliphatic heterocycles. The Labute approximate surface area is 158 Å². The third kappa shape index (κ3) is 2.88.